The van der Waals surface area contributed by atoms with Crippen molar-refractivity contribution in [1.82, 2.24) is 10.2 Å². The molecule has 2 atom stereocenters. The first-order chi connectivity index (χ1) is 6.20. The third-order valence-corrected chi connectivity index (χ3v) is 3.20. The van der Waals surface area contributed by atoms with Crippen LogP contribution in [0.4, 0.5) is 0 Å². The quantitative estimate of drug-likeness (QED) is 0.678. The van der Waals surface area contributed by atoms with E-state index in [0.29, 0.717) is 12.1 Å². The molecule has 1 aliphatic rings. The summed E-state index contributed by atoms with van der Waals surface area (Å²) in [5.41, 5.74) is 0. The first kappa shape index (κ1) is 11.0. The Morgan fingerprint density at radius 3 is 2.38 bits per heavy atom. The fourth-order valence-corrected chi connectivity index (χ4v) is 1.91. The van der Waals surface area contributed by atoms with Gasteiger partial charge in [0.15, 0.2) is 0 Å². The average Bonchev–Trinajstić information content (AvgIpc) is 2.95. The van der Waals surface area contributed by atoms with Crippen molar-refractivity contribution in [1.29, 1.82) is 0 Å². The summed E-state index contributed by atoms with van der Waals surface area (Å²) in [4.78, 5) is 2.67. The van der Waals surface area contributed by atoms with Gasteiger partial charge < -0.3 is 5.32 Å². The highest BCUT2D eigenvalue weighted by molar-refractivity contribution is 4.90. The van der Waals surface area contributed by atoms with Crippen LogP contribution in [0.3, 0.4) is 0 Å². The van der Waals surface area contributed by atoms with Gasteiger partial charge in [0.25, 0.3) is 0 Å². The summed E-state index contributed by atoms with van der Waals surface area (Å²) in [5.74, 6) is 0. The van der Waals surface area contributed by atoms with E-state index in [1.54, 1.807) is 0 Å². The fourth-order valence-electron chi connectivity index (χ4n) is 1.91. The van der Waals surface area contributed by atoms with Crippen LogP contribution < -0.4 is 5.32 Å². The third kappa shape index (κ3) is 2.96. The standard InChI is InChI=1S/C11H24N2/c1-5-8-13(11-6-7-11)10(3)9(2)12-4/h9-12H,5-8H2,1-4H3. The fraction of sp³-hybridized carbons (Fsp3) is 1.00. The molecule has 1 fully saturated rings. The Morgan fingerprint density at radius 1 is 1.38 bits per heavy atom. The lowest BCUT2D eigenvalue weighted by molar-refractivity contribution is 0.169. The highest BCUT2D eigenvalue weighted by Crippen LogP contribution is 2.29. The minimum atomic E-state index is 0.604. The third-order valence-electron chi connectivity index (χ3n) is 3.20. The van der Waals surface area contributed by atoms with Crippen LogP contribution in [-0.2, 0) is 0 Å². The van der Waals surface area contributed by atoms with Crippen LogP contribution in [-0.4, -0.2) is 36.6 Å². The first-order valence-corrected chi connectivity index (χ1v) is 5.63. The maximum atomic E-state index is 3.34. The topological polar surface area (TPSA) is 15.3 Å². The summed E-state index contributed by atoms with van der Waals surface area (Å²) >= 11 is 0. The smallest absolute Gasteiger partial charge is 0.0221 e. The summed E-state index contributed by atoms with van der Waals surface area (Å²) in [6.07, 6.45) is 4.11. The monoisotopic (exact) mass is 184 g/mol. The van der Waals surface area contributed by atoms with E-state index in [1.165, 1.54) is 25.8 Å². The minimum absolute atomic E-state index is 0.604. The lowest BCUT2D eigenvalue weighted by Gasteiger charge is -2.33. The van der Waals surface area contributed by atoms with Gasteiger partial charge in [0.2, 0.25) is 0 Å². The lowest BCUT2D eigenvalue weighted by atomic mass is 10.1. The van der Waals surface area contributed by atoms with E-state index >= 15 is 0 Å². The summed E-state index contributed by atoms with van der Waals surface area (Å²) in [7, 11) is 2.05. The normalized spacial score (nSPS) is 21.9. The molecular weight excluding hydrogens is 160 g/mol. The van der Waals surface area contributed by atoms with Gasteiger partial charge in [-0.1, -0.05) is 6.92 Å². The van der Waals surface area contributed by atoms with E-state index in [9.17, 15) is 0 Å². The van der Waals surface area contributed by atoms with E-state index in [1.807, 2.05) is 0 Å². The van der Waals surface area contributed by atoms with Crippen LogP contribution in [0.2, 0.25) is 0 Å². The van der Waals surface area contributed by atoms with Crippen molar-refractivity contribution in [2.45, 2.75) is 58.2 Å². The second kappa shape index (κ2) is 4.97. The molecular formula is C11H24N2. The molecule has 1 rings (SSSR count). The van der Waals surface area contributed by atoms with Gasteiger partial charge in [0.1, 0.15) is 0 Å². The van der Waals surface area contributed by atoms with E-state index < -0.39 is 0 Å². The van der Waals surface area contributed by atoms with Crippen LogP contribution in [0.15, 0.2) is 0 Å². The summed E-state index contributed by atoms with van der Waals surface area (Å²) in [6, 6.07) is 2.18. The molecule has 0 bridgehead atoms. The molecule has 1 saturated carbocycles. The molecule has 1 N–H and O–H groups in total. The lowest BCUT2D eigenvalue weighted by Crippen LogP contribution is -2.47. The van der Waals surface area contributed by atoms with Crippen molar-refractivity contribution in [2.24, 2.45) is 0 Å². The molecule has 13 heavy (non-hydrogen) atoms. The molecule has 2 unspecified atom stereocenters. The van der Waals surface area contributed by atoms with Crippen molar-refractivity contribution in [3.8, 4) is 0 Å². The largest absolute Gasteiger partial charge is 0.316 e. The van der Waals surface area contributed by atoms with E-state index in [2.05, 4.69) is 38.0 Å². The maximum Gasteiger partial charge on any atom is 0.0221 e. The Kier molecular flexibility index (Phi) is 4.20. The summed E-state index contributed by atoms with van der Waals surface area (Å²) in [5, 5.41) is 3.34. The predicted octanol–water partition coefficient (Wildman–Crippen LogP) is 1.86. The molecule has 0 aromatic rings. The van der Waals surface area contributed by atoms with Crippen molar-refractivity contribution in [2.75, 3.05) is 13.6 Å². The van der Waals surface area contributed by atoms with Crippen LogP contribution >= 0.6 is 0 Å². The molecule has 2 nitrogen and oxygen atoms in total. The van der Waals surface area contributed by atoms with Crippen LogP contribution in [0.25, 0.3) is 0 Å². The second-order valence-corrected chi connectivity index (χ2v) is 4.29. The zero-order valence-electron chi connectivity index (χ0n) is 9.51. The van der Waals surface area contributed by atoms with Crippen molar-refractivity contribution in [3.63, 3.8) is 0 Å². The molecule has 0 amide bonds. The maximum absolute atomic E-state index is 3.34. The molecule has 0 spiro atoms. The summed E-state index contributed by atoms with van der Waals surface area (Å²) in [6.45, 7) is 8.15. The number of nitrogens with one attached hydrogen (secondary N) is 1. The molecule has 0 radical (unpaired) electrons. The number of likely N-dealkylation sites (N-methyl/N-ethyl adjacent to an activating group) is 1. The molecule has 0 aliphatic heterocycles. The van der Waals surface area contributed by atoms with Gasteiger partial charge >= 0.3 is 0 Å². The van der Waals surface area contributed by atoms with Crippen LogP contribution in [0.5, 0.6) is 0 Å². The van der Waals surface area contributed by atoms with Gasteiger partial charge in [0, 0.05) is 18.1 Å². The predicted molar refractivity (Wildman–Crippen MR) is 58.0 cm³/mol. The van der Waals surface area contributed by atoms with E-state index in [4.69, 9.17) is 0 Å². The molecule has 1 aliphatic carbocycles. The van der Waals surface area contributed by atoms with Gasteiger partial charge in [0.05, 0.1) is 0 Å². The Hall–Kier alpha value is -0.0800. The number of hydrogen-bond acceptors (Lipinski definition) is 2. The molecule has 0 aromatic heterocycles. The van der Waals surface area contributed by atoms with E-state index in [0.717, 1.165) is 6.04 Å². The van der Waals surface area contributed by atoms with Crippen molar-refractivity contribution >= 4 is 0 Å². The summed E-state index contributed by atoms with van der Waals surface area (Å²) < 4.78 is 0. The SMILES string of the molecule is CCCN(C1CC1)C(C)C(C)NC. The van der Waals surface area contributed by atoms with Crippen molar-refractivity contribution < 1.29 is 0 Å². The highest BCUT2D eigenvalue weighted by Gasteiger charge is 2.32. The Labute approximate surface area is 82.7 Å². The van der Waals surface area contributed by atoms with Crippen LogP contribution in [0.1, 0.15) is 40.0 Å². The van der Waals surface area contributed by atoms with Gasteiger partial charge in [-0.3, -0.25) is 4.90 Å². The van der Waals surface area contributed by atoms with Gasteiger partial charge in [-0.25, -0.2) is 0 Å². The Bertz CT molecular complexity index is 143. The molecule has 2 heteroatoms. The molecule has 78 valence electrons. The number of rotatable bonds is 6. The first-order valence-electron chi connectivity index (χ1n) is 5.63. The van der Waals surface area contributed by atoms with Gasteiger partial charge in [-0.2, -0.15) is 0 Å². The van der Waals surface area contributed by atoms with Gasteiger partial charge in [-0.15, -0.1) is 0 Å². The molecule has 0 aromatic carbocycles. The highest BCUT2D eigenvalue weighted by atomic mass is 15.2. The minimum Gasteiger partial charge on any atom is -0.316 e. The zero-order valence-corrected chi connectivity index (χ0v) is 9.51. The van der Waals surface area contributed by atoms with Crippen molar-refractivity contribution in [3.05, 3.63) is 0 Å². The molecule has 0 heterocycles. The number of nitrogens with zero attached hydrogens (tertiary/aromatic N) is 1. The van der Waals surface area contributed by atoms with Crippen LogP contribution in [0, 0.1) is 0 Å². The Morgan fingerprint density at radius 2 is 2.00 bits per heavy atom. The average molecular weight is 184 g/mol. The van der Waals surface area contributed by atoms with E-state index in [-0.39, 0.29) is 0 Å². The zero-order chi connectivity index (χ0) is 9.84. The molecule has 0 saturated heterocycles. The Balaban J connectivity index is 2.42. The van der Waals surface area contributed by atoms with Gasteiger partial charge in [-0.05, 0) is 46.7 Å². The number of hydrogen-bond donors (Lipinski definition) is 1. The second-order valence-electron chi connectivity index (χ2n) is 4.29.